The van der Waals surface area contributed by atoms with Crippen LogP contribution in [0, 0.1) is 5.92 Å². The van der Waals surface area contributed by atoms with Gasteiger partial charge < -0.3 is 31.4 Å². The second kappa shape index (κ2) is 12.9. The van der Waals surface area contributed by atoms with Crippen LogP contribution in [0.5, 0.6) is 0 Å². The number of amides is 3. The smallest absolute Gasteiger partial charge is 0.323 e. The zero-order chi connectivity index (χ0) is 23.5. The first-order chi connectivity index (χ1) is 15.3. The summed E-state index contributed by atoms with van der Waals surface area (Å²) >= 11 is 0. The standard InChI is InChI=1S/C21H36N6O5/c1-2-3-6-18(28)25-17(21(32)27(13-20(30)31)16-7-8-16)10-19(29)23-11-15-5-4-9-26(12-15)14-24-22/h14-17H,2-13,22H2,1H3,(H,23,29)(H,25,28)(H,30,31)/t15-,17-/m0/s1. The summed E-state index contributed by atoms with van der Waals surface area (Å²) in [5, 5.41) is 18.2. The molecule has 3 amide bonds. The fourth-order valence-electron chi connectivity index (χ4n) is 3.90. The van der Waals surface area contributed by atoms with Crippen molar-refractivity contribution in [2.45, 2.75) is 70.4 Å². The van der Waals surface area contributed by atoms with E-state index in [2.05, 4.69) is 15.7 Å². The number of piperidine rings is 1. The molecular formula is C21H36N6O5. The minimum absolute atomic E-state index is 0.144. The lowest BCUT2D eigenvalue weighted by Crippen LogP contribution is -2.52. The van der Waals surface area contributed by atoms with Crippen LogP contribution in [0.25, 0.3) is 0 Å². The maximum atomic E-state index is 13.1. The van der Waals surface area contributed by atoms with Crippen molar-refractivity contribution in [2.75, 3.05) is 26.2 Å². The lowest BCUT2D eigenvalue weighted by atomic mass is 9.98. The Morgan fingerprint density at radius 3 is 2.62 bits per heavy atom. The fraction of sp³-hybridized carbons (Fsp3) is 0.762. The molecule has 0 spiro atoms. The minimum Gasteiger partial charge on any atom is -0.480 e. The molecule has 0 bridgehead atoms. The Kier molecular flexibility index (Phi) is 10.2. The number of hydrogen-bond donors (Lipinski definition) is 4. The number of nitrogens with one attached hydrogen (secondary N) is 2. The molecule has 2 atom stereocenters. The summed E-state index contributed by atoms with van der Waals surface area (Å²) in [6.45, 7) is 3.56. The molecule has 1 aliphatic carbocycles. The van der Waals surface area contributed by atoms with E-state index in [1.165, 1.54) is 4.90 Å². The van der Waals surface area contributed by atoms with Gasteiger partial charge in [0.05, 0.1) is 6.42 Å². The lowest BCUT2D eigenvalue weighted by molar-refractivity contribution is -0.146. The maximum absolute atomic E-state index is 13.1. The van der Waals surface area contributed by atoms with Crippen molar-refractivity contribution >= 4 is 30.0 Å². The monoisotopic (exact) mass is 452 g/mol. The van der Waals surface area contributed by atoms with Crippen molar-refractivity contribution in [1.82, 2.24) is 20.4 Å². The van der Waals surface area contributed by atoms with Gasteiger partial charge >= 0.3 is 5.97 Å². The summed E-state index contributed by atoms with van der Waals surface area (Å²) in [7, 11) is 0. The molecule has 2 aliphatic rings. The van der Waals surface area contributed by atoms with Crippen LogP contribution in [0.3, 0.4) is 0 Å². The van der Waals surface area contributed by atoms with Gasteiger partial charge in [-0.05, 0) is 38.0 Å². The summed E-state index contributed by atoms with van der Waals surface area (Å²) in [6.07, 6.45) is 6.50. The van der Waals surface area contributed by atoms with Crippen molar-refractivity contribution in [2.24, 2.45) is 16.9 Å². The fourth-order valence-corrected chi connectivity index (χ4v) is 3.90. The third-order valence-electron chi connectivity index (χ3n) is 5.72. The lowest BCUT2D eigenvalue weighted by Gasteiger charge is -2.31. The third kappa shape index (κ3) is 8.72. The van der Waals surface area contributed by atoms with E-state index in [0.717, 1.165) is 45.2 Å². The molecule has 1 heterocycles. The average Bonchev–Trinajstić information content (AvgIpc) is 3.59. The summed E-state index contributed by atoms with van der Waals surface area (Å²) in [6, 6.07) is -1.22. The number of likely N-dealkylation sites (tertiary alicyclic amines) is 1. The van der Waals surface area contributed by atoms with E-state index in [-0.39, 0.29) is 36.6 Å². The Bertz CT molecular complexity index is 696. The number of carboxylic acids is 1. The van der Waals surface area contributed by atoms with Gasteiger partial charge in [0.15, 0.2) is 0 Å². The van der Waals surface area contributed by atoms with E-state index in [1.54, 1.807) is 6.34 Å². The highest BCUT2D eigenvalue weighted by atomic mass is 16.4. The molecule has 1 saturated carbocycles. The number of nitrogens with zero attached hydrogens (tertiary/aromatic N) is 3. The van der Waals surface area contributed by atoms with Gasteiger partial charge in [0.2, 0.25) is 17.7 Å². The first-order valence-electron chi connectivity index (χ1n) is 11.4. The Morgan fingerprint density at radius 2 is 2.00 bits per heavy atom. The summed E-state index contributed by atoms with van der Waals surface area (Å²) in [4.78, 5) is 52.5. The number of carbonyl (C=O) groups excluding carboxylic acids is 3. The summed E-state index contributed by atoms with van der Waals surface area (Å²) < 4.78 is 0. The molecule has 180 valence electrons. The Balaban J connectivity index is 1.96. The predicted molar refractivity (Wildman–Crippen MR) is 118 cm³/mol. The molecule has 0 aromatic rings. The Morgan fingerprint density at radius 1 is 1.25 bits per heavy atom. The van der Waals surface area contributed by atoms with E-state index < -0.39 is 24.5 Å². The molecule has 1 aliphatic heterocycles. The SMILES string of the molecule is CCCCC(=O)N[C@@H](CC(=O)NC[C@@H]1CCCN(C=NN)C1)C(=O)N(CC(=O)O)C1CC1. The predicted octanol–water partition coefficient (Wildman–Crippen LogP) is -0.143. The highest BCUT2D eigenvalue weighted by molar-refractivity contribution is 5.93. The molecule has 11 nitrogen and oxygen atoms in total. The number of hydrazone groups is 1. The van der Waals surface area contributed by atoms with E-state index in [9.17, 15) is 24.3 Å². The first kappa shape index (κ1) is 25.4. The molecule has 2 fully saturated rings. The first-order valence-corrected chi connectivity index (χ1v) is 11.4. The molecule has 5 N–H and O–H groups in total. The van der Waals surface area contributed by atoms with Crippen molar-refractivity contribution in [3.8, 4) is 0 Å². The van der Waals surface area contributed by atoms with Crippen molar-refractivity contribution in [3.63, 3.8) is 0 Å². The molecule has 0 aromatic carbocycles. The quantitative estimate of drug-likeness (QED) is 0.131. The molecule has 32 heavy (non-hydrogen) atoms. The van der Waals surface area contributed by atoms with Crippen LogP contribution in [-0.4, -0.2) is 83.2 Å². The molecule has 0 unspecified atom stereocenters. The van der Waals surface area contributed by atoms with Crippen LogP contribution in [0.1, 0.15) is 58.3 Å². The summed E-state index contributed by atoms with van der Waals surface area (Å²) in [5.74, 6) is 3.14. The minimum atomic E-state index is -1.12. The Hall–Kier alpha value is -2.85. The molecule has 0 aromatic heterocycles. The number of carbonyl (C=O) groups is 4. The molecule has 1 saturated heterocycles. The van der Waals surface area contributed by atoms with Gasteiger partial charge in [-0.2, -0.15) is 5.10 Å². The van der Waals surface area contributed by atoms with E-state index in [4.69, 9.17) is 5.84 Å². The number of aliphatic carboxylic acids is 1. The van der Waals surface area contributed by atoms with E-state index in [0.29, 0.717) is 13.0 Å². The van der Waals surface area contributed by atoms with Crippen LogP contribution >= 0.6 is 0 Å². The third-order valence-corrected chi connectivity index (χ3v) is 5.72. The van der Waals surface area contributed by atoms with E-state index in [1.807, 2.05) is 11.8 Å². The zero-order valence-corrected chi connectivity index (χ0v) is 18.8. The number of unbranched alkanes of at least 4 members (excludes halogenated alkanes) is 1. The van der Waals surface area contributed by atoms with Gasteiger partial charge in [0, 0.05) is 32.1 Å². The van der Waals surface area contributed by atoms with Gasteiger partial charge in [-0.15, -0.1) is 0 Å². The van der Waals surface area contributed by atoms with Crippen molar-refractivity contribution < 1.29 is 24.3 Å². The van der Waals surface area contributed by atoms with Gasteiger partial charge in [0.1, 0.15) is 18.9 Å². The number of hydrogen-bond acceptors (Lipinski definition) is 6. The van der Waals surface area contributed by atoms with E-state index >= 15 is 0 Å². The molecular weight excluding hydrogens is 416 g/mol. The van der Waals surface area contributed by atoms with Crippen LogP contribution in [-0.2, 0) is 19.2 Å². The second-order valence-corrected chi connectivity index (χ2v) is 8.59. The normalized spacial score (nSPS) is 19.4. The number of nitrogens with two attached hydrogens (primary N) is 1. The highest BCUT2D eigenvalue weighted by Gasteiger charge is 2.38. The van der Waals surface area contributed by atoms with Crippen LogP contribution < -0.4 is 16.5 Å². The summed E-state index contributed by atoms with van der Waals surface area (Å²) in [5.41, 5.74) is 0. The van der Waals surface area contributed by atoms with Gasteiger partial charge in [0.25, 0.3) is 0 Å². The average molecular weight is 453 g/mol. The topological polar surface area (TPSA) is 157 Å². The van der Waals surface area contributed by atoms with Crippen LogP contribution in [0.15, 0.2) is 5.10 Å². The van der Waals surface area contributed by atoms with Gasteiger partial charge in [-0.3, -0.25) is 19.2 Å². The molecule has 11 heteroatoms. The maximum Gasteiger partial charge on any atom is 0.323 e. The van der Waals surface area contributed by atoms with Crippen LogP contribution in [0.4, 0.5) is 0 Å². The zero-order valence-electron chi connectivity index (χ0n) is 18.8. The molecule has 0 radical (unpaired) electrons. The largest absolute Gasteiger partial charge is 0.480 e. The number of carboxylic acid groups (broad SMARTS) is 1. The van der Waals surface area contributed by atoms with Gasteiger partial charge in [-0.1, -0.05) is 13.3 Å². The van der Waals surface area contributed by atoms with Crippen molar-refractivity contribution in [3.05, 3.63) is 0 Å². The Labute approximate surface area is 188 Å². The molecule has 2 rings (SSSR count). The highest BCUT2D eigenvalue weighted by Crippen LogP contribution is 2.27. The van der Waals surface area contributed by atoms with Crippen LogP contribution in [0.2, 0.25) is 0 Å². The second-order valence-electron chi connectivity index (χ2n) is 8.59. The number of rotatable bonds is 13. The van der Waals surface area contributed by atoms with Crippen molar-refractivity contribution in [1.29, 1.82) is 0 Å². The van der Waals surface area contributed by atoms with Gasteiger partial charge in [-0.25, -0.2) is 0 Å².